The van der Waals surface area contributed by atoms with E-state index in [1.165, 1.54) is 20.0 Å². The Morgan fingerprint density at radius 1 is 1.29 bits per heavy atom. The molecule has 0 aliphatic heterocycles. The quantitative estimate of drug-likeness (QED) is 0.414. The Morgan fingerprint density at radius 3 is 2.43 bits per heavy atom. The molecule has 21 heavy (non-hydrogen) atoms. The van der Waals surface area contributed by atoms with E-state index < -0.39 is 10.8 Å². The molecule has 0 unspecified atom stereocenters. The number of benzene rings is 1. The van der Waals surface area contributed by atoms with Gasteiger partial charge in [0, 0.05) is 38.7 Å². The predicted octanol–water partition coefficient (Wildman–Crippen LogP) is 1.16. The fourth-order valence-electron chi connectivity index (χ4n) is 1.63. The van der Waals surface area contributed by atoms with Gasteiger partial charge in [-0.1, -0.05) is 11.6 Å². The summed E-state index contributed by atoms with van der Waals surface area (Å²) in [6.07, 6.45) is 0. The highest BCUT2D eigenvalue weighted by Crippen LogP contribution is 2.33. The molecule has 0 spiro atoms. The van der Waals surface area contributed by atoms with Crippen molar-refractivity contribution in [1.29, 1.82) is 0 Å². The molecule has 114 valence electrons. The van der Waals surface area contributed by atoms with Gasteiger partial charge in [-0.2, -0.15) is 0 Å². The minimum Gasteiger partial charge on any atom is -0.381 e. The zero-order chi connectivity index (χ0) is 16.0. The summed E-state index contributed by atoms with van der Waals surface area (Å²) < 4.78 is 0. The van der Waals surface area contributed by atoms with Crippen LogP contribution >= 0.6 is 11.6 Å². The number of carbonyl (C=O) groups excluding carboxylic acids is 2. The van der Waals surface area contributed by atoms with E-state index in [1.807, 2.05) is 0 Å². The average Bonchev–Trinajstić information content (AvgIpc) is 2.42. The Morgan fingerprint density at radius 2 is 1.90 bits per heavy atom. The zero-order valence-corrected chi connectivity index (χ0v) is 12.3. The number of anilines is 1. The lowest BCUT2D eigenvalue weighted by Gasteiger charge is -2.09. The molecule has 0 atom stereocenters. The van der Waals surface area contributed by atoms with Crippen molar-refractivity contribution in [3.63, 3.8) is 0 Å². The number of nitrogens with zero attached hydrogens (tertiary/aromatic N) is 1. The van der Waals surface area contributed by atoms with E-state index in [-0.39, 0.29) is 41.0 Å². The first-order valence-corrected chi connectivity index (χ1v) is 6.43. The first-order valence-electron chi connectivity index (χ1n) is 6.05. The molecule has 0 aliphatic carbocycles. The van der Waals surface area contributed by atoms with E-state index in [0.717, 1.165) is 6.07 Å². The normalized spacial score (nSPS) is 9.86. The summed E-state index contributed by atoms with van der Waals surface area (Å²) >= 11 is 5.92. The van der Waals surface area contributed by atoms with Crippen molar-refractivity contribution in [2.45, 2.75) is 6.92 Å². The van der Waals surface area contributed by atoms with Crippen molar-refractivity contribution in [2.75, 3.05) is 25.5 Å². The maximum Gasteiger partial charge on any atom is 0.294 e. The molecule has 8 nitrogen and oxygen atoms in total. The lowest BCUT2D eigenvalue weighted by atomic mass is 10.1. The number of rotatable bonds is 6. The molecule has 1 aromatic rings. The van der Waals surface area contributed by atoms with Gasteiger partial charge in [0.25, 0.3) is 11.6 Å². The van der Waals surface area contributed by atoms with Crippen molar-refractivity contribution < 1.29 is 14.5 Å². The van der Waals surface area contributed by atoms with E-state index in [9.17, 15) is 19.7 Å². The van der Waals surface area contributed by atoms with Crippen LogP contribution in [-0.4, -0.2) is 36.9 Å². The van der Waals surface area contributed by atoms with Crippen LogP contribution in [0.4, 0.5) is 11.4 Å². The number of hydrogen-bond acceptors (Lipinski definition) is 5. The lowest BCUT2D eigenvalue weighted by Crippen LogP contribution is -2.33. The van der Waals surface area contributed by atoms with Gasteiger partial charge in [0.2, 0.25) is 5.91 Å². The van der Waals surface area contributed by atoms with Gasteiger partial charge in [0.15, 0.2) is 0 Å². The fraction of sp³-hybridized carbons (Fsp3) is 0.333. The molecule has 0 saturated carbocycles. The second kappa shape index (κ2) is 7.44. The van der Waals surface area contributed by atoms with Gasteiger partial charge in [0.1, 0.15) is 5.69 Å². The molecule has 1 rings (SSSR count). The molecule has 2 amide bonds. The molecule has 0 radical (unpaired) electrons. The number of halogens is 1. The molecule has 3 N–H and O–H groups in total. The van der Waals surface area contributed by atoms with Crippen LogP contribution in [0.15, 0.2) is 12.1 Å². The third-order valence-electron chi connectivity index (χ3n) is 2.56. The van der Waals surface area contributed by atoms with Gasteiger partial charge in [-0.25, -0.2) is 0 Å². The van der Waals surface area contributed by atoms with Crippen molar-refractivity contribution in [3.05, 3.63) is 32.8 Å². The van der Waals surface area contributed by atoms with Crippen LogP contribution in [0, 0.1) is 10.1 Å². The number of hydrogen-bond donors (Lipinski definition) is 3. The molecule has 0 bridgehead atoms. The van der Waals surface area contributed by atoms with E-state index >= 15 is 0 Å². The minimum absolute atomic E-state index is 0.0773. The third kappa shape index (κ3) is 4.60. The van der Waals surface area contributed by atoms with Gasteiger partial charge in [-0.15, -0.1) is 0 Å². The summed E-state index contributed by atoms with van der Waals surface area (Å²) in [6, 6.07) is 2.49. The van der Waals surface area contributed by atoms with Gasteiger partial charge in [-0.3, -0.25) is 19.7 Å². The minimum atomic E-state index is -0.619. The van der Waals surface area contributed by atoms with Crippen molar-refractivity contribution in [2.24, 2.45) is 0 Å². The van der Waals surface area contributed by atoms with Crippen LogP contribution in [0.2, 0.25) is 5.02 Å². The largest absolute Gasteiger partial charge is 0.381 e. The van der Waals surface area contributed by atoms with Crippen LogP contribution < -0.4 is 16.0 Å². The summed E-state index contributed by atoms with van der Waals surface area (Å²) in [5, 5.41) is 18.7. The van der Waals surface area contributed by atoms with Gasteiger partial charge in [0.05, 0.1) is 9.95 Å². The van der Waals surface area contributed by atoms with E-state index in [4.69, 9.17) is 11.6 Å². The highest BCUT2D eigenvalue weighted by Gasteiger charge is 2.20. The van der Waals surface area contributed by atoms with E-state index in [2.05, 4.69) is 16.0 Å². The third-order valence-corrected chi connectivity index (χ3v) is 2.86. The molecule has 0 saturated heterocycles. The number of nitro groups is 1. The standard InChI is InChI=1S/C12H15ClN4O4/c1-7(18)15-3-4-16-12(19)8-5-9(13)11(14-2)10(6-8)17(20)21/h5-6,14H,3-4H2,1-2H3,(H,15,18)(H,16,19). The topological polar surface area (TPSA) is 113 Å². The highest BCUT2D eigenvalue weighted by molar-refractivity contribution is 6.34. The first-order chi connectivity index (χ1) is 9.86. The molecular formula is C12H15ClN4O4. The maximum absolute atomic E-state index is 11.9. The number of carbonyl (C=O) groups is 2. The number of nitro benzene ring substituents is 1. The highest BCUT2D eigenvalue weighted by atomic mass is 35.5. The second-order valence-electron chi connectivity index (χ2n) is 4.10. The first kappa shape index (κ1) is 16.7. The number of amides is 2. The average molecular weight is 315 g/mol. The zero-order valence-electron chi connectivity index (χ0n) is 11.5. The van der Waals surface area contributed by atoms with Crippen LogP contribution in [-0.2, 0) is 4.79 Å². The molecule has 0 heterocycles. The molecule has 0 fully saturated rings. The maximum atomic E-state index is 11.9. The Hall–Kier alpha value is -2.35. The van der Waals surface area contributed by atoms with Crippen LogP contribution in [0.1, 0.15) is 17.3 Å². The summed E-state index contributed by atoms with van der Waals surface area (Å²) in [4.78, 5) is 32.9. The summed E-state index contributed by atoms with van der Waals surface area (Å²) in [5.74, 6) is -0.714. The van der Waals surface area contributed by atoms with E-state index in [0.29, 0.717) is 0 Å². The molecule has 0 aliphatic rings. The summed E-state index contributed by atoms with van der Waals surface area (Å²) in [6.45, 7) is 1.84. The monoisotopic (exact) mass is 314 g/mol. The summed E-state index contributed by atoms with van der Waals surface area (Å²) in [5.41, 5.74) is -0.0537. The summed E-state index contributed by atoms with van der Waals surface area (Å²) in [7, 11) is 1.50. The van der Waals surface area contributed by atoms with E-state index in [1.54, 1.807) is 0 Å². The van der Waals surface area contributed by atoms with Crippen molar-refractivity contribution in [3.8, 4) is 0 Å². The molecule has 9 heteroatoms. The number of nitrogens with one attached hydrogen (secondary N) is 3. The lowest BCUT2D eigenvalue weighted by molar-refractivity contribution is -0.383. The molecular weight excluding hydrogens is 300 g/mol. The Labute approximate surface area is 126 Å². The Balaban J connectivity index is 2.85. The SMILES string of the molecule is CNc1c(Cl)cc(C(=O)NCCNC(C)=O)cc1[N+](=O)[O-]. The Kier molecular flexibility index (Phi) is 5.92. The van der Waals surface area contributed by atoms with Crippen LogP contribution in [0.3, 0.4) is 0 Å². The van der Waals surface area contributed by atoms with Gasteiger partial charge >= 0.3 is 0 Å². The fourth-order valence-corrected chi connectivity index (χ4v) is 1.94. The van der Waals surface area contributed by atoms with Gasteiger partial charge < -0.3 is 16.0 Å². The molecule has 1 aromatic carbocycles. The molecule has 0 aromatic heterocycles. The second-order valence-corrected chi connectivity index (χ2v) is 4.51. The Bertz CT molecular complexity index is 577. The van der Waals surface area contributed by atoms with Crippen LogP contribution in [0.5, 0.6) is 0 Å². The van der Waals surface area contributed by atoms with Crippen LogP contribution in [0.25, 0.3) is 0 Å². The van der Waals surface area contributed by atoms with Crippen molar-refractivity contribution in [1.82, 2.24) is 10.6 Å². The smallest absolute Gasteiger partial charge is 0.294 e. The predicted molar refractivity (Wildman–Crippen MR) is 78.7 cm³/mol. The van der Waals surface area contributed by atoms with Gasteiger partial charge in [-0.05, 0) is 6.07 Å². The van der Waals surface area contributed by atoms with Crippen molar-refractivity contribution >= 4 is 34.8 Å².